The average molecular weight is 381 g/mol. The topological polar surface area (TPSA) is 84.0 Å². The van der Waals surface area contributed by atoms with E-state index >= 15 is 0 Å². The molecule has 1 aromatic heterocycles. The van der Waals surface area contributed by atoms with Gasteiger partial charge in [-0.1, -0.05) is 42.9 Å². The maximum atomic E-state index is 12.0. The van der Waals surface area contributed by atoms with Crippen LogP contribution in [0.5, 0.6) is 0 Å². The van der Waals surface area contributed by atoms with E-state index in [-0.39, 0.29) is 24.7 Å². The second-order valence-electron chi connectivity index (χ2n) is 6.15. The molecule has 0 bridgehead atoms. The van der Waals surface area contributed by atoms with Gasteiger partial charge < -0.3 is 10.6 Å². The van der Waals surface area contributed by atoms with Gasteiger partial charge in [0.15, 0.2) is 0 Å². The van der Waals surface area contributed by atoms with Crippen LogP contribution in [0.4, 0.5) is 10.8 Å². The first-order chi connectivity index (χ1) is 11.8. The molecule has 0 fully saturated rings. The van der Waals surface area contributed by atoms with Gasteiger partial charge >= 0.3 is 0 Å². The van der Waals surface area contributed by atoms with Crippen LogP contribution in [0, 0.1) is 12.8 Å². The molecular weight excluding hydrogens is 360 g/mol. The lowest BCUT2D eigenvalue weighted by molar-refractivity contribution is -0.121. The summed E-state index contributed by atoms with van der Waals surface area (Å²) in [5, 5.41) is 15.3. The number of carbonyl (C=O) groups is 2. The number of nitrogens with one attached hydrogen (secondary N) is 2. The lowest BCUT2D eigenvalue weighted by Gasteiger charge is -2.08. The summed E-state index contributed by atoms with van der Waals surface area (Å²) in [6.45, 7) is 6.07. The van der Waals surface area contributed by atoms with Gasteiger partial charge in [0, 0.05) is 30.0 Å². The van der Waals surface area contributed by atoms with E-state index in [1.807, 2.05) is 13.0 Å². The molecule has 6 nitrogen and oxygen atoms in total. The highest BCUT2D eigenvalue weighted by molar-refractivity contribution is 7.15. The van der Waals surface area contributed by atoms with Gasteiger partial charge in [0.2, 0.25) is 16.9 Å². The summed E-state index contributed by atoms with van der Waals surface area (Å²) in [5.41, 5.74) is 1.56. The highest BCUT2D eigenvalue weighted by atomic mass is 35.5. The molecule has 0 aliphatic rings. The molecule has 134 valence electrons. The first-order valence-corrected chi connectivity index (χ1v) is 9.21. The summed E-state index contributed by atoms with van der Waals surface area (Å²) in [7, 11) is 0. The van der Waals surface area contributed by atoms with E-state index in [4.69, 9.17) is 11.6 Å². The largest absolute Gasteiger partial charge is 0.326 e. The van der Waals surface area contributed by atoms with Gasteiger partial charge in [0.05, 0.1) is 0 Å². The number of amides is 2. The van der Waals surface area contributed by atoms with Crippen LogP contribution in [0.3, 0.4) is 0 Å². The van der Waals surface area contributed by atoms with Gasteiger partial charge in [-0.15, -0.1) is 10.2 Å². The van der Waals surface area contributed by atoms with Crippen molar-refractivity contribution >= 4 is 45.6 Å². The Bertz CT molecular complexity index is 761. The van der Waals surface area contributed by atoms with Crippen molar-refractivity contribution in [2.75, 3.05) is 10.6 Å². The number of hydrogen-bond acceptors (Lipinski definition) is 5. The van der Waals surface area contributed by atoms with Gasteiger partial charge in [0.1, 0.15) is 5.01 Å². The van der Waals surface area contributed by atoms with Gasteiger partial charge in [0.25, 0.3) is 0 Å². The third-order valence-corrected chi connectivity index (χ3v) is 4.44. The van der Waals surface area contributed by atoms with Crippen LogP contribution in [0.1, 0.15) is 37.3 Å². The van der Waals surface area contributed by atoms with Crippen molar-refractivity contribution in [3.05, 3.63) is 33.8 Å². The van der Waals surface area contributed by atoms with Crippen molar-refractivity contribution in [2.24, 2.45) is 5.92 Å². The highest BCUT2D eigenvalue weighted by Crippen LogP contribution is 2.21. The van der Waals surface area contributed by atoms with Crippen LogP contribution in [0.2, 0.25) is 5.02 Å². The number of hydrogen-bond donors (Lipinski definition) is 2. The summed E-state index contributed by atoms with van der Waals surface area (Å²) in [6, 6.07) is 5.27. The summed E-state index contributed by atoms with van der Waals surface area (Å²) in [5.74, 6) is -0.0152. The van der Waals surface area contributed by atoms with Crippen LogP contribution in [0.25, 0.3) is 0 Å². The lowest BCUT2D eigenvalue weighted by atomic mass is 10.1. The number of anilines is 2. The summed E-state index contributed by atoms with van der Waals surface area (Å²) in [6.07, 6.45) is 0.981. The number of aromatic nitrogens is 2. The zero-order valence-corrected chi connectivity index (χ0v) is 16.0. The molecule has 2 aromatic rings. The SMILES string of the molecule is Cc1ccc(Cl)cc1NC(=O)CCC(=O)Nc1nnc(CC(C)C)s1. The quantitative estimate of drug-likeness (QED) is 0.758. The Morgan fingerprint density at radius 1 is 1.16 bits per heavy atom. The Morgan fingerprint density at radius 2 is 1.84 bits per heavy atom. The molecule has 2 amide bonds. The molecule has 0 saturated carbocycles. The van der Waals surface area contributed by atoms with Crippen molar-refractivity contribution in [3.8, 4) is 0 Å². The first-order valence-electron chi connectivity index (χ1n) is 8.01. The Morgan fingerprint density at radius 3 is 2.52 bits per heavy atom. The molecule has 0 aliphatic heterocycles. The number of benzene rings is 1. The van der Waals surface area contributed by atoms with Crippen molar-refractivity contribution in [1.29, 1.82) is 0 Å². The number of nitrogens with zero attached hydrogens (tertiary/aromatic N) is 2. The maximum Gasteiger partial charge on any atom is 0.226 e. The standard InChI is InChI=1S/C17H21ClN4O2S/c1-10(2)8-16-21-22-17(25-16)20-15(24)7-6-14(23)19-13-9-12(18)5-4-11(13)3/h4-5,9-10H,6-8H2,1-3H3,(H,19,23)(H,20,22,24). The fraction of sp³-hybridized carbons (Fsp3) is 0.412. The average Bonchev–Trinajstić information content (AvgIpc) is 2.95. The summed E-state index contributed by atoms with van der Waals surface area (Å²) < 4.78 is 0. The van der Waals surface area contributed by atoms with Crippen molar-refractivity contribution in [3.63, 3.8) is 0 Å². The van der Waals surface area contributed by atoms with Gasteiger partial charge in [-0.3, -0.25) is 9.59 Å². The molecule has 0 radical (unpaired) electrons. The van der Waals surface area contributed by atoms with Crippen LogP contribution in [-0.4, -0.2) is 22.0 Å². The fourth-order valence-electron chi connectivity index (χ4n) is 2.09. The molecular formula is C17H21ClN4O2S. The zero-order chi connectivity index (χ0) is 18.4. The summed E-state index contributed by atoms with van der Waals surface area (Å²) >= 11 is 7.28. The number of rotatable bonds is 7. The Kier molecular flexibility index (Phi) is 6.90. The molecule has 1 heterocycles. The van der Waals surface area contributed by atoms with Gasteiger partial charge in [-0.2, -0.15) is 0 Å². The van der Waals surface area contributed by atoms with E-state index in [2.05, 4.69) is 34.7 Å². The molecule has 0 aliphatic carbocycles. The van der Waals surface area contributed by atoms with E-state index in [0.717, 1.165) is 17.0 Å². The monoisotopic (exact) mass is 380 g/mol. The number of halogens is 1. The van der Waals surface area contributed by atoms with Gasteiger partial charge in [-0.05, 0) is 30.5 Å². The molecule has 0 saturated heterocycles. The Balaban J connectivity index is 1.80. The minimum atomic E-state index is -0.259. The van der Waals surface area contributed by atoms with E-state index in [0.29, 0.717) is 21.8 Å². The number of aryl methyl sites for hydroxylation is 1. The number of carbonyl (C=O) groups excluding carboxylic acids is 2. The predicted octanol–water partition coefficient (Wildman–Crippen LogP) is 4.06. The molecule has 0 spiro atoms. The predicted molar refractivity (Wildman–Crippen MR) is 101 cm³/mol. The normalized spacial score (nSPS) is 10.8. The molecule has 0 atom stereocenters. The van der Waals surface area contributed by atoms with Crippen molar-refractivity contribution in [2.45, 2.75) is 40.0 Å². The minimum absolute atomic E-state index is 0.0739. The Hall–Kier alpha value is -1.99. The second kappa shape index (κ2) is 8.92. The Labute approximate surface area is 156 Å². The smallest absolute Gasteiger partial charge is 0.226 e. The molecule has 1 aromatic carbocycles. The van der Waals surface area contributed by atoms with E-state index in [1.165, 1.54) is 11.3 Å². The highest BCUT2D eigenvalue weighted by Gasteiger charge is 2.12. The fourth-order valence-corrected chi connectivity index (χ4v) is 3.23. The van der Waals surface area contributed by atoms with Crippen LogP contribution in [0.15, 0.2) is 18.2 Å². The van der Waals surface area contributed by atoms with Crippen LogP contribution in [-0.2, 0) is 16.0 Å². The third-order valence-electron chi connectivity index (χ3n) is 3.35. The third kappa shape index (κ3) is 6.43. The van der Waals surface area contributed by atoms with E-state index in [1.54, 1.807) is 12.1 Å². The van der Waals surface area contributed by atoms with E-state index in [9.17, 15) is 9.59 Å². The van der Waals surface area contributed by atoms with Crippen LogP contribution >= 0.6 is 22.9 Å². The van der Waals surface area contributed by atoms with E-state index < -0.39 is 0 Å². The molecule has 25 heavy (non-hydrogen) atoms. The van der Waals surface area contributed by atoms with Crippen LogP contribution < -0.4 is 10.6 Å². The van der Waals surface area contributed by atoms with Gasteiger partial charge in [-0.25, -0.2) is 0 Å². The lowest BCUT2D eigenvalue weighted by Crippen LogP contribution is -2.17. The first kappa shape index (κ1) is 19.3. The minimum Gasteiger partial charge on any atom is -0.326 e. The molecule has 2 N–H and O–H groups in total. The maximum absolute atomic E-state index is 12.0. The molecule has 8 heteroatoms. The zero-order valence-electron chi connectivity index (χ0n) is 14.4. The van der Waals surface area contributed by atoms with Crippen molar-refractivity contribution in [1.82, 2.24) is 10.2 Å². The molecule has 2 rings (SSSR count). The van der Waals surface area contributed by atoms with Crippen molar-refractivity contribution < 1.29 is 9.59 Å². The molecule has 0 unspecified atom stereocenters. The second-order valence-corrected chi connectivity index (χ2v) is 7.65. The summed E-state index contributed by atoms with van der Waals surface area (Å²) in [4.78, 5) is 23.9.